The topological polar surface area (TPSA) is 84.8 Å². The molecule has 0 unspecified atom stereocenters. The lowest BCUT2D eigenvalue weighted by Crippen LogP contribution is -2.00. The molecule has 0 aliphatic heterocycles. The Morgan fingerprint density at radius 3 is 2.56 bits per heavy atom. The Hall–Kier alpha value is -2.61. The van der Waals surface area contributed by atoms with Crippen molar-refractivity contribution in [2.75, 3.05) is 5.73 Å². The van der Waals surface area contributed by atoms with E-state index in [1.54, 1.807) is 6.20 Å². The van der Waals surface area contributed by atoms with Crippen LogP contribution in [0.25, 0.3) is 0 Å². The molecule has 2 aromatic rings. The van der Waals surface area contributed by atoms with Crippen LogP contribution in [0.2, 0.25) is 0 Å². The largest absolute Gasteiger partial charge is 0.487 e. The standard InChI is InChI=1S/C13H12N4O/c14-6-5-10-1-3-12(4-2-10)18-9-11-7-17-13(15)8-16-11/h1-4,7-8H,5,9H2,(H2,15,17). The van der Waals surface area contributed by atoms with Gasteiger partial charge < -0.3 is 10.5 Å². The molecule has 0 radical (unpaired) electrons. The number of nitrogens with zero attached hydrogens (tertiary/aromatic N) is 3. The molecular formula is C13H12N4O. The number of rotatable bonds is 4. The molecule has 0 aliphatic rings. The number of ether oxygens (including phenoxy) is 1. The van der Waals surface area contributed by atoms with Crippen molar-refractivity contribution in [3.05, 3.63) is 47.9 Å². The maximum absolute atomic E-state index is 8.56. The molecule has 18 heavy (non-hydrogen) atoms. The van der Waals surface area contributed by atoms with Crippen LogP contribution in [0.1, 0.15) is 11.3 Å². The number of hydrogen-bond donors (Lipinski definition) is 1. The van der Waals surface area contributed by atoms with Gasteiger partial charge in [0.1, 0.15) is 18.2 Å². The van der Waals surface area contributed by atoms with E-state index in [1.165, 1.54) is 6.20 Å². The fourth-order valence-corrected chi connectivity index (χ4v) is 1.39. The predicted molar refractivity (Wildman–Crippen MR) is 66.5 cm³/mol. The van der Waals surface area contributed by atoms with Gasteiger partial charge in [-0.1, -0.05) is 12.1 Å². The molecule has 0 bridgehead atoms. The zero-order valence-electron chi connectivity index (χ0n) is 9.71. The van der Waals surface area contributed by atoms with Crippen molar-refractivity contribution in [1.29, 1.82) is 5.26 Å². The zero-order chi connectivity index (χ0) is 12.8. The van der Waals surface area contributed by atoms with E-state index < -0.39 is 0 Å². The van der Waals surface area contributed by atoms with Crippen LogP contribution in [0.5, 0.6) is 5.75 Å². The second-order valence-corrected chi connectivity index (χ2v) is 3.70. The highest BCUT2D eigenvalue weighted by Gasteiger charge is 1.98. The first-order valence-corrected chi connectivity index (χ1v) is 5.43. The van der Waals surface area contributed by atoms with Gasteiger partial charge in [-0.3, -0.25) is 4.98 Å². The van der Waals surface area contributed by atoms with E-state index in [0.717, 1.165) is 11.3 Å². The van der Waals surface area contributed by atoms with Gasteiger partial charge in [-0.2, -0.15) is 5.26 Å². The SMILES string of the molecule is N#CCc1ccc(OCc2cnc(N)cn2)cc1. The monoisotopic (exact) mass is 240 g/mol. The Labute approximate surface area is 105 Å². The van der Waals surface area contributed by atoms with Crippen LogP contribution in [-0.4, -0.2) is 9.97 Å². The number of anilines is 1. The van der Waals surface area contributed by atoms with Gasteiger partial charge in [0.05, 0.1) is 30.6 Å². The Morgan fingerprint density at radius 2 is 1.94 bits per heavy atom. The lowest BCUT2D eigenvalue weighted by molar-refractivity contribution is 0.301. The van der Waals surface area contributed by atoms with E-state index >= 15 is 0 Å². The van der Waals surface area contributed by atoms with Gasteiger partial charge in [-0.05, 0) is 17.7 Å². The molecule has 1 aromatic heterocycles. The van der Waals surface area contributed by atoms with Crippen LogP contribution >= 0.6 is 0 Å². The minimum Gasteiger partial charge on any atom is -0.487 e. The minimum absolute atomic E-state index is 0.338. The Balaban J connectivity index is 1.94. The number of nitrogens with two attached hydrogens (primary N) is 1. The third kappa shape index (κ3) is 3.19. The summed E-state index contributed by atoms with van der Waals surface area (Å²) in [6.45, 7) is 0.338. The number of nitriles is 1. The summed E-state index contributed by atoms with van der Waals surface area (Å²) >= 11 is 0. The van der Waals surface area contributed by atoms with Crippen LogP contribution in [0.4, 0.5) is 5.82 Å². The van der Waals surface area contributed by atoms with Crippen LogP contribution in [0.15, 0.2) is 36.7 Å². The quantitative estimate of drug-likeness (QED) is 0.879. The first kappa shape index (κ1) is 11.9. The third-order valence-corrected chi connectivity index (χ3v) is 2.32. The highest BCUT2D eigenvalue weighted by molar-refractivity contribution is 5.29. The molecule has 2 rings (SSSR count). The smallest absolute Gasteiger partial charge is 0.141 e. The lowest BCUT2D eigenvalue weighted by atomic mass is 10.2. The Morgan fingerprint density at radius 1 is 1.17 bits per heavy atom. The van der Waals surface area contributed by atoms with Crippen molar-refractivity contribution >= 4 is 5.82 Å². The van der Waals surface area contributed by atoms with Crippen LogP contribution in [-0.2, 0) is 13.0 Å². The molecule has 0 amide bonds. The molecule has 0 saturated carbocycles. The zero-order valence-corrected chi connectivity index (χ0v) is 9.71. The van der Waals surface area contributed by atoms with E-state index in [9.17, 15) is 0 Å². The summed E-state index contributed by atoms with van der Waals surface area (Å²) < 4.78 is 5.54. The highest BCUT2D eigenvalue weighted by atomic mass is 16.5. The van der Waals surface area contributed by atoms with E-state index in [4.69, 9.17) is 15.7 Å². The molecule has 1 aromatic carbocycles. The van der Waals surface area contributed by atoms with Gasteiger partial charge in [0.25, 0.3) is 0 Å². The molecule has 0 spiro atoms. The van der Waals surface area contributed by atoms with Gasteiger partial charge in [-0.25, -0.2) is 4.98 Å². The van der Waals surface area contributed by atoms with Gasteiger partial charge in [0.15, 0.2) is 0 Å². The summed E-state index contributed by atoms with van der Waals surface area (Å²) in [5.41, 5.74) is 7.12. The van der Waals surface area contributed by atoms with Gasteiger partial charge >= 0.3 is 0 Å². The van der Waals surface area contributed by atoms with Crippen LogP contribution in [0, 0.1) is 11.3 Å². The first-order valence-electron chi connectivity index (χ1n) is 5.43. The summed E-state index contributed by atoms with van der Waals surface area (Å²) in [5, 5.41) is 8.56. The number of aromatic nitrogens is 2. The van der Waals surface area contributed by atoms with Crippen molar-refractivity contribution in [3.8, 4) is 11.8 Å². The molecular weight excluding hydrogens is 228 g/mol. The normalized spacial score (nSPS) is 9.72. The molecule has 1 heterocycles. The van der Waals surface area contributed by atoms with E-state index in [0.29, 0.717) is 24.5 Å². The van der Waals surface area contributed by atoms with Crippen molar-refractivity contribution in [2.45, 2.75) is 13.0 Å². The molecule has 5 nitrogen and oxygen atoms in total. The first-order chi connectivity index (χ1) is 8.78. The molecule has 5 heteroatoms. The highest BCUT2D eigenvalue weighted by Crippen LogP contribution is 2.13. The lowest BCUT2D eigenvalue weighted by Gasteiger charge is -2.05. The molecule has 0 saturated heterocycles. The summed E-state index contributed by atoms with van der Waals surface area (Å²) in [4.78, 5) is 8.01. The molecule has 2 N–H and O–H groups in total. The average molecular weight is 240 g/mol. The summed E-state index contributed by atoms with van der Waals surface area (Å²) in [6, 6.07) is 9.49. The maximum atomic E-state index is 8.56. The average Bonchev–Trinajstić information content (AvgIpc) is 2.40. The van der Waals surface area contributed by atoms with Crippen molar-refractivity contribution in [3.63, 3.8) is 0 Å². The van der Waals surface area contributed by atoms with Gasteiger partial charge in [0, 0.05) is 0 Å². The Bertz CT molecular complexity index is 543. The molecule has 90 valence electrons. The second kappa shape index (κ2) is 5.64. The van der Waals surface area contributed by atoms with Crippen molar-refractivity contribution < 1.29 is 4.74 Å². The van der Waals surface area contributed by atoms with Crippen molar-refractivity contribution in [2.24, 2.45) is 0 Å². The summed E-state index contributed by atoms with van der Waals surface area (Å²) in [5.74, 6) is 1.12. The second-order valence-electron chi connectivity index (χ2n) is 3.70. The molecule has 0 fully saturated rings. The maximum Gasteiger partial charge on any atom is 0.141 e. The number of benzene rings is 1. The van der Waals surface area contributed by atoms with Gasteiger partial charge in [0.2, 0.25) is 0 Å². The predicted octanol–water partition coefficient (Wildman–Crippen LogP) is 1.70. The summed E-state index contributed by atoms with van der Waals surface area (Å²) in [6.07, 6.45) is 3.48. The van der Waals surface area contributed by atoms with E-state index in [2.05, 4.69) is 16.0 Å². The molecule has 0 aliphatic carbocycles. The number of hydrogen-bond acceptors (Lipinski definition) is 5. The minimum atomic E-state index is 0.338. The van der Waals surface area contributed by atoms with Crippen LogP contribution in [0.3, 0.4) is 0 Å². The molecule has 0 atom stereocenters. The summed E-state index contributed by atoms with van der Waals surface area (Å²) in [7, 11) is 0. The number of nitrogen functional groups attached to an aromatic ring is 1. The van der Waals surface area contributed by atoms with E-state index in [-0.39, 0.29) is 0 Å². The fraction of sp³-hybridized carbons (Fsp3) is 0.154. The third-order valence-electron chi connectivity index (χ3n) is 2.32. The van der Waals surface area contributed by atoms with E-state index in [1.807, 2.05) is 24.3 Å². The van der Waals surface area contributed by atoms with Gasteiger partial charge in [-0.15, -0.1) is 0 Å². The van der Waals surface area contributed by atoms with Crippen molar-refractivity contribution in [1.82, 2.24) is 9.97 Å². The Kier molecular flexibility index (Phi) is 3.72. The fourth-order valence-electron chi connectivity index (χ4n) is 1.39. The van der Waals surface area contributed by atoms with Crippen LogP contribution < -0.4 is 10.5 Å².